The van der Waals surface area contributed by atoms with E-state index in [1.807, 2.05) is 5.38 Å². The Balaban J connectivity index is 1.47. The third-order valence-corrected chi connectivity index (χ3v) is 6.30. The van der Waals surface area contributed by atoms with E-state index >= 15 is 0 Å². The Bertz CT molecular complexity index is 1160. The van der Waals surface area contributed by atoms with Crippen molar-refractivity contribution in [3.63, 3.8) is 0 Å². The highest BCUT2D eigenvalue weighted by Crippen LogP contribution is 2.32. The van der Waals surface area contributed by atoms with Gasteiger partial charge in [0.15, 0.2) is 11.4 Å². The number of aliphatic hydroxyl groups is 1. The van der Waals surface area contributed by atoms with Crippen molar-refractivity contribution in [2.24, 2.45) is 0 Å². The van der Waals surface area contributed by atoms with Crippen LogP contribution in [0.4, 0.5) is 24.1 Å². The highest BCUT2D eigenvalue weighted by molar-refractivity contribution is 7.13. The van der Waals surface area contributed by atoms with Gasteiger partial charge in [0.2, 0.25) is 0 Å². The number of nitrogens with zero attached hydrogens (tertiary/aromatic N) is 3. The van der Waals surface area contributed by atoms with E-state index in [-0.39, 0.29) is 0 Å². The molecule has 1 saturated heterocycles. The lowest BCUT2D eigenvalue weighted by atomic mass is 10.1. The molecule has 1 atom stereocenters. The second-order valence-corrected chi connectivity index (χ2v) is 8.78. The first-order valence-electron chi connectivity index (χ1n) is 11.1. The average Bonchev–Trinajstić information content (AvgIpc) is 3.29. The van der Waals surface area contributed by atoms with Gasteiger partial charge in [-0.3, -0.25) is 4.90 Å². The molecule has 35 heavy (non-hydrogen) atoms. The topological polar surface area (TPSA) is 82.5 Å². The van der Waals surface area contributed by atoms with Crippen LogP contribution in [0, 0.1) is 0 Å². The molecule has 7 nitrogen and oxygen atoms in total. The molecule has 0 saturated carbocycles. The molecule has 2 aromatic heterocycles. The molecular weight excluding hydrogens is 479 g/mol. The van der Waals surface area contributed by atoms with Gasteiger partial charge in [0.25, 0.3) is 0 Å². The van der Waals surface area contributed by atoms with E-state index in [0.717, 1.165) is 30.9 Å². The molecule has 11 heteroatoms. The normalized spacial score (nSPS) is 16.2. The molecule has 1 aromatic carbocycles. The van der Waals surface area contributed by atoms with Crippen molar-refractivity contribution in [1.29, 1.82) is 0 Å². The lowest BCUT2D eigenvalue weighted by Crippen LogP contribution is -2.35. The van der Waals surface area contributed by atoms with Crippen molar-refractivity contribution in [2.45, 2.75) is 25.9 Å². The highest BCUT2D eigenvalue weighted by Gasteiger charge is 2.30. The first kappa shape index (κ1) is 25.1. The Hall–Kier alpha value is -2.99. The minimum atomic E-state index is -4.44. The molecule has 0 bridgehead atoms. The average molecular weight is 506 g/mol. The summed E-state index contributed by atoms with van der Waals surface area (Å²) in [4.78, 5) is 11.1. The molecule has 0 amide bonds. The van der Waals surface area contributed by atoms with Crippen LogP contribution in [0.3, 0.4) is 0 Å². The largest absolute Gasteiger partial charge is 0.416 e. The number of rotatable bonds is 8. The number of alkyl halides is 3. The number of aliphatic hydroxyl groups excluding tert-OH is 1. The highest BCUT2D eigenvalue weighted by atomic mass is 32.1. The van der Waals surface area contributed by atoms with Crippen LogP contribution in [0.5, 0.6) is 0 Å². The van der Waals surface area contributed by atoms with Gasteiger partial charge >= 0.3 is 6.18 Å². The molecule has 1 aliphatic heterocycles. The van der Waals surface area contributed by atoms with Gasteiger partial charge in [-0.25, -0.2) is 9.97 Å². The third kappa shape index (κ3) is 6.57. The lowest BCUT2D eigenvalue weighted by Gasteiger charge is -2.25. The summed E-state index contributed by atoms with van der Waals surface area (Å²) in [6.07, 6.45) is -2.37. The predicted molar refractivity (Wildman–Crippen MR) is 130 cm³/mol. The number of anilines is 2. The smallest absolute Gasteiger partial charge is 0.379 e. The molecule has 3 aromatic rings. The zero-order chi connectivity index (χ0) is 24.8. The molecule has 186 valence electrons. The van der Waals surface area contributed by atoms with Gasteiger partial charge in [-0.15, -0.1) is 11.3 Å². The molecule has 4 rings (SSSR count). The van der Waals surface area contributed by atoms with Crippen molar-refractivity contribution in [3.8, 4) is 0 Å². The SMILES string of the molecule is C/C=C(\Nc1ncccc1C(O)Nc1nc(CN2CCOCC2)cs1)c1cccc(C(F)(F)F)c1. The summed E-state index contributed by atoms with van der Waals surface area (Å²) >= 11 is 1.39. The Morgan fingerprint density at radius 2 is 2.06 bits per heavy atom. The first-order chi connectivity index (χ1) is 16.8. The summed E-state index contributed by atoms with van der Waals surface area (Å²) in [5.41, 5.74) is 1.38. The number of hydrogen-bond acceptors (Lipinski definition) is 8. The molecular formula is C24H26F3N5O2S. The summed E-state index contributed by atoms with van der Waals surface area (Å²) in [5.74, 6) is 0.322. The van der Waals surface area contributed by atoms with Crippen molar-refractivity contribution >= 4 is 28.0 Å². The number of benzene rings is 1. The number of nitrogens with one attached hydrogen (secondary N) is 2. The van der Waals surface area contributed by atoms with Crippen LogP contribution in [0.25, 0.3) is 5.70 Å². The maximum Gasteiger partial charge on any atom is 0.416 e. The molecule has 1 aliphatic rings. The van der Waals surface area contributed by atoms with E-state index in [1.54, 1.807) is 37.4 Å². The second kappa shape index (κ2) is 11.2. The van der Waals surface area contributed by atoms with Crippen LogP contribution in [-0.2, 0) is 17.5 Å². The van der Waals surface area contributed by atoms with E-state index < -0.39 is 18.0 Å². The van der Waals surface area contributed by atoms with Crippen molar-refractivity contribution < 1.29 is 23.0 Å². The number of thiazole rings is 1. The molecule has 0 aliphatic carbocycles. The fourth-order valence-electron chi connectivity index (χ4n) is 3.67. The van der Waals surface area contributed by atoms with E-state index in [1.165, 1.54) is 17.4 Å². The van der Waals surface area contributed by atoms with Crippen molar-refractivity contribution in [2.75, 3.05) is 36.9 Å². The van der Waals surface area contributed by atoms with E-state index in [9.17, 15) is 18.3 Å². The Morgan fingerprint density at radius 1 is 1.26 bits per heavy atom. The van der Waals surface area contributed by atoms with E-state index in [0.29, 0.717) is 47.5 Å². The Kier molecular flexibility index (Phi) is 8.01. The molecule has 3 N–H and O–H groups in total. The molecule has 3 heterocycles. The van der Waals surface area contributed by atoms with Gasteiger partial charge in [0.1, 0.15) is 5.82 Å². The molecule has 0 radical (unpaired) electrons. The molecule has 1 fully saturated rings. The van der Waals surface area contributed by atoms with Gasteiger partial charge in [-0.1, -0.05) is 18.2 Å². The lowest BCUT2D eigenvalue weighted by molar-refractivity contribution is -0.137. The van der Waals surface area contributed by atoms with Crippen LogP contribution < -0.4 is 10.6 Å². The van der Waals surface area contributed by atoms with Crippen molar-refractivity contribution in [3.05, 3.63) is 76.4 Å². The quantitative estimate of drug-likeness (QED) is 0.373. The minimum Gasteiger partial charge on any atom is -0.379 e. The molecule has 0 spiro atoms. The fraction of sp³-hybridized carbons (Fsp3) is 0.333. The van der Waals surface area contributed by atoms with Crippen LogP contribution in [0.1, 0.15) is 35.5 Å². The predicted octanol–water partition coefficient (Wildman–Crippen LogP) is 4.97. The number of ether oxygens (including phenoxy) is 1. The zero-order valence-corrected chi connectivity index (χ0v) is 19.9. The number of morpholine rings is 1. The number of allylic oxidation sites excluding steroid dienone is 1. The van der Waals surface area contributed by atoms with E-state index in [2.05, 4.69) is 25.5 Å². The van der Waals surface area contributed by atoms with Gasteiger partial charge in [-0.05, 0) is 36.8 Å². The Morgan fingerprint density at radius 3 is 2.80 bits per heavy atom. The minimum absolute atomic E-state index is 0.322. The second-order valence-electron chi connectivity index (χ2n) is 7.93. The number of halogens is 3. The fourth-order valence-corrected chi connectivity index (χ4v) is 4.40. The maximum absolute atomic E-state index is 13.2. The van der Waals surface area contributed by atoms with Crippen LogP contribution >= 0.6 is 11.3 Å². The van der Waals surface area contributed by atoms with Crippen LogP contribution in [0.2, 0.25) is 0 Å². The number of hydrogen-bond donors (Lipinski definition) is 3. The summed E-state index contributed by atoms with van der Waals surface area (Å²) in [5, 5.41) is 19.4. The summed E-state index contributed by atoms with van der Waals surface area (Å²) < 4.78 is 44.9. The van der Waals surface area contributed by atoms with E-state index in [4.69, 9.17) is 4.74 Å². The first-order valence-corrected chi connectivity index (χ1v) is 12.0. The monoisotopic (exact) mass is 505 g/mol. The third-order valence-electron chi connectivity index (χ3n) is 5.48. The van der Waals surface area contributed by atoms with Gasteiger partial charge in [0.05, 0.1) is 24.5 Å². The molecule has 1 unspecified atom stereocenters. The number of pyridine rings is 1. The number of aromatic nitrogens is 2. The van der Waals surface area contributed by atoms with Gasteiger partial charge < -0.3 is 20.5 Å². The summed E-state index contributed by atoms with van der Waals surface area (Å²) in [6, 6.07) is 8.41. The van der Waals surface area contributed by atoms with Crippen LogP contribution in [-0.4, -0.2) is 46.3 Å². The zero-order valence-electron chi connectivity index (χ0n) is 19.0. The summed E-state index contributed by atoms with van der Waals surface area (Å²) in [6.45, 7) is 5.54. The van der Waals surface area contributed by atoms with Crippen molar-refractivity contribution in [1.82, 2.24) is 14.9 Å². The van der Waals surface area contributed by atoms with Gasteiger partial charge in [-0.2, -0.15) is 13.2 Å². The summed E-state index contributed by atoms with van der Waals surface area (Å²) in [7, 11) is 0. The Labute approximate surface area is 205 Å². The van der Waals surface area contributed by atoms with Gasteiger partial charge in [0, 0.05) is 42.5 Å². The standard InChI is InChI=1S/C24H26F3N5O2S/c1-2-20(16-5-3-6-17(13-16)24(25,26)27)30-21-19(7-4-8-28-21)22(33)31-23-29-18(15-35-23)14-32-9-11-34-12-10-32/h2-8,13,15,22,33H,9-12,14H2,1H3,(H,28,30)(H,29,31)/b20-2-. The van der Waals surface area contributed by atoms with Crippen LogP contribution in [0.15, 0.2) is 54.1 Å². The maximum atomic E-state index is 13.2.